The van der Waals surface area contributed by atoms with E-state index >= 15 is 0 Å². The van der Waals surface area contributed by atoms with Crippen LogP contribution in [0.4, 0.5) is 0 Å². The molecule has 0 spiro atoms. The lowest BCUT2D eigenvalue weighted by Crippen LogP contribution is -2.33. The molecule has 0 heterocycles. The Bertz CT molecular complexity index is 1560. The van der Waals surface area contributed by atoms with Gasteiger partial charge in [0, 0.05) is 6.42 Å². The van der Waals surface area contributed by atoms with Gasteiger partial charge in [-0.2, -0.15) is 0 Å². The molecule has 34 heavy (non-hydrogen) atoms. The van der Waals surface area contributed by atoms with E-state index in [-0.39, 0.29) is 0 Å². The Balaban J connectivity index is 1.57. The minimum atomic E-state index is -0.701. The summed E-state index contributed by atoms with van der Waals surface area (Å²) in [6.07, 6.45) is 0.692. The molecule has 6 aromatic carbocycles. The van der Waals surface area contributed by atoms with Crippen LogP contribution in [0.15, 0.2) is 127 Å². The van der Waals surface area contributed by atoms with E-state index in [1.54, 1.807) is 0 Å². The van der Waals surface area contributed by atoms with Crippen molar-refractivity contribution in [2.75, 3.05) is 0 Å². The Hall–Kier alpha value is -3.72. The fraction of sp³-hybridized carbons (Fsp3) is 0.0625. The van der Waals surface area contributed by atoms with Crippen molar-refractivity contribution >= 4 is 42.8 Å². The largest absolute Gasteiger partial charge is 0.405 e. The van der Waals surface area contributed by atoms with Gasteiger partial charge >= 0.3 is 0 Å². The van der Waals surface area contributed by atoms with Gasteiger partial charge in [0.15, 0.2) is 0 Å². The third-order valence-electron chi connectivity index (χ3n) is 6.87. The van der Waals surface area contributed by atoms with E-state index in [9.17, 15) is 0 Å². The molecule has 0 bridgehead atoms. The van der Waals surface area contributed by atoms with Gasteiger partial charge in [-0.25, -0.2) is 0 Å². The quantitative estimate of drug-likeness (QED) is 0.244. The summed E-state index contributed by atoms with van der Waals surface area (Å²) in [6, 6.07) is 45.4. The highest BCUT2D eigenvalue weighted by Gasteiger charge is 2.35. The molecule has 0 N–H and O–H groups in total. The molecule has 0 amide bonds. The summed E-state index contributed by atoms with van der Waals surface area (Å²) < 4.78 is 6.33. The van der Waals surface area contributed by atoms with Crippen LogP contribution < -0.4 is 0 Å². The number of benzene rings is 6. The summed E-state index contributed by atoms with van der Waals surface area (Å²) in [7, 11) is 3.54. The van der Waals surface area contributed by atoms with E-state index in [1.165, 1.54) is 37.9 Å². The molecule has 0 saturated heterocycles. The van der Waals surface area contributed by atoms with Crippen molar-refractivity contribution in [2.24, 2.45) is 0 Å². The second-order valence-corrected chi connectivity index (χ2v) is 9.12. The first kappa shape index (κ1) is 20.9. The van der Waals surface area contributed by atoms with Crippen LogP contribution in [0.1, 0.15) is 16.7 Å². The molecule has 0 aliphatic heterocycles. The van der Waals surface area contributed by atoms with Gasteiger partial charge in [0.25, 0.3) is 0 Å². The molecule has 0 saturated carbocycles. The zero-order chi connectivity index (χ0) is 23.0. The molecule has 2 heteroatoms. The smallest absolute Gasteiger partial charge is 0.248 e. The van der Waals surface area contributed by atoms with Crippen molar-refractivity contribution in [1.29, 1.82) is 0 Å². The van der Waals surface area contributed by atoms with Crippen molar-refractivity contribution in [2.45, 2.75) is 12.0 Å². The molecular formula is C32H23OSi. The molecule has 1 nitrogen and oxygen atoms in total. The highest BCUT2D eigenvalue weighted by molar-refractivity contribution is 5.99. The molecule has 0 aromatic heterocycles. The predicted molar refractivity (Wildman–Crippen MR) is 143 cm³/mol. The normalized spacial score (nSPS) is 11.9. The van der Waals surface area contributed by atoms with Crippen LogP contribution in [0.5, 0.6) is 0 Å². The maximum Gasteiger partial charge on any atom is 0.248 e. The van der Waals surface area contributed by atoms with E-state index in [1.807, 2.05) is 0 Å². The maximum atomic E-state index is 6.33. The molecule has 161 valence electrons. The van der Waals surface area contributed by atoms with E-state index in [0.29, 0.717) is 6.42 Å². The molecular weight excluding hydrogens is 428 g/mol. The van der Waals surface area contributed by atoms with Crippen molar-refractivity contribution in [1.82, 2.24) is 0 Å². The van der Waals surface area contributed by atoms with Crippen molar-refractivity contribution < 1.29 is 4.43 Å². The Morgan fingerprint density at radius 2 is 0.882 bits per heavy atom. The monoisotopic (exact) mass is 451 g/mol. The van der Waals surface area contributed by atoms with Crippen molar-refractivity contribution in [3.63, 3.8) is 0 Å². The third kappa shape index (κ3) is 3.62. The summed E-state index contributed by atoms with van der Waals surface area (Å²) >= 11 is 0. The van der Waals surface area contributed by atoms with Crippen LogP contribution in [0.25, 0.3) is 32.3 Å². The molecule has 0 aliphatic rings. The van der Waals surface area contributed by atoms with Crippen LogP contribution >= 0.6 is 0 Å². The zero-order valence-electron chi connectivity index (χ0n) is 18.7. The Labute approximate surface area is 203 Å². The van der Waals surface area contributed by atoms with Crippen molar-refractivity contribution in [3.8, 4) is 0 Å². The van der Waals surface area contributed by atoms with Crippen molar-refractivity contribution in [3.05, 3.63) is 144 Å². The van der Waals surface area contributed by atoms with Gasteiger partial charge in [0.2, 0.25) is 10.5 Å². The summed E-state index contributed by atoms with van der Waals surface area (Å²) in [5.74, 6) is 0. The van der Waals surface area contributed by atoms with Gasteiger partial charge < -0.3 is 4.43 Å². The van der Waals surface area contributed by atoms with Gasteiger partial charge in [-0.15, -0.1) is 0 Å². The molecule has 6 aromatic rings. The lowest BCUT2D eigenvalue weighted by Gasteiger charge is -2.35. The summed E-state index contributed by atoms with van der Waals surface area (Å²) in [5, 5.41) is 7.32. The summed E-state index contributed by atoms with van der Waals surface area (Å²) in [4.78, 5) is 0. The van der Waals surface area contributed by atoms with Gasteiger partial charge in [0.1, 0.15) is 5.60 Å². The van der Waals surface area contributed by atoms with E-state index in [2.05, 4.69) is 138 Å². The Morgan fingerprint density at radius 3 is 1.35 bits per heavy atom. The molecule has 6 rings (SSSR count). The second-order valence-electron chi connectivity index (χ2n) is 8.91. The van der Waals surface area contributed by atoms with E-state index < -0.39 is 5.60 Å². The number of rotatable bonds is 5. The van der Waals surface area contributed by atoms with Crippen LogP contribution in [0, 0.1) is 0 Å². The first-order valence-corrected chi connectivity index (χ1v) is 12.0. The van der Waals surface area contributed by atoms with E-state index in [4.69, 9.17) is 4.43 Å². The van der Waals surface area contributed by atoms with Gasteiger partial charge in [-0.1, -0.05) is 115 Å². The van der Waals surface area contributed by atoms with Gasteiger partial charge in [-0.05, 0) is 61.1 Å². The zero-order valence-corrected chi connectivity index (χ0v) is 19.7. The first-order valence-electron chi connectivity index (χ1n) is 11.6. The van der Waals surface area contributed by atoms with Crippen LogP contribution in [0.2, 0.25) is 0 Å². The van der Waals surface area contributed by atoms with Gasteiger partial charge in [-0.3, -0.25) is 0 Å². The Morgan fingerprint density at radius 1 is 0.471 bits per heavy atom. The standard InChI is InChI=1S/C32H23OSi/c34-33-32(30-17-15-25-8-2-5-11-28(25)20-30,31-18-16-26-9-3-6-12-29(26)21-31)22-23-13-14-24-7-1-4-10-27(24)19-23/h1-21H,22H2. The molecule has 3 radical (unpaired) electrons. The highest BCUT2D eigenvalue weighted by Crippen LogP contribution is 2.39. The summed E-state index contributed by atoms with van der Waals surface area (Å²) in [6.45, 7) is 0. The van der Waals surface area contributed by atoms with E-state index in [0.717, 1.165) is 11.1 Å². The molecule has 0 atom stereocenters. The maximum absolute atomic E-state index is 6.33. The molecule has 0 fully saturated rings. The molecule has 0 aliphatic carbocycles. The fourth-order valence-electron chi connectivity index (χ4n) is 5.04. The number of fused-ring (bicyclic) bond motifs is 3. The average Bonchev–Trinajstić information content (AvgIpc) is 2.91. The average molecular weight is 452 g/mol. The molecule has 0 unspecified atom stereocenters. The minimum Gasteiger partial charge on any atom is -0.405 e. The Kier molecular flexibility index (Phi) is 5.25. The van der Waals surface area contributed by atoms with Crippen LogP contribution in [-0.4, -0.2) is 10.5 Å². The second kappa shape index (κ2) is 8.57. The highest BCUT2D eigenvalue weighted by atomic mass is 28.2. The van der Waals surface area contributed by atoms with Gasteiger partial charge in [0.05, 0.1) is 0 Å². The number of hydrogen-bond donors (Lipinski definition) is 0. The summed E-state index contributed by atoms with van der Waals surface area (Å²) in [5.41, 5.74) is 2.75. The first-order chi connectivity index (χ1) is 16.7. The lowest BCUT2D eigenvalue weighted by atomic mass is 9.79. The number of hydrogen-bond acceptors (Lipinski definition) is 1. The third-order valence-corrected chi connectivity index (χ3v) is 7.22. The minimum absolute atomic E-state index is 0.692. The van der Waals surface area contributed by atoms with Crippen LogP contribution in [-0.2, 0) is 16.4 Å². The fourth-order valence-corrected chi connectivity index (χ4v) is 5.35. The SMILES string of the molecule is [Si]OC(Cc1ccc2ccccc2c1)(c1ccc2ccccc2c1)c1ccc2ccccc2c1. The predicted octanol–water partition coefficient (Wildman–Crippen LogP) is 7.73. The van der Waals surface area contributed by atoms with Crippen LogP contribution in [0.3, 0.4) is 0 Å². The topological polar surface area (TPSA) is 9.23 Å². The lowest BCUT2D eigenvalue weighted by molar-refractivity contribution is 0.126.